The van der Waals surface area contributed by atoms with Gasteiger partial charge in [-0.3, -0.25) is 14.5 Å². The molecule has 1 fully saturated rings. The van der Waals surface area contributed by atoms with Crippen LogP contribution in [0, 0.1) is 0 Å². The van der Waals surface area contributed by atoms with Crippen molar-refractivity contribution in [2.45, 2.75) is 19.9 Å². The Morgan fingerprint density at radius 3 is 2.50 bits per heavy atom. The maximum absolute atomic E-state index is 12.4. The minimum absolute atomic E-state index is 0.0514. The highest BCUT2D eigenvalue weighted by Crippen LogP contribution is 2.17. The van der Waals surface area contributed by atoms with Gasteiger partial charge in [-0.15, -0.1) is 0 Å². The van der Waals surface area contributed by atoms with E-state index in [2.05, 4.69) is 10.2 Å². The monoisotopic (exact) mass is 305 g/mol. The highest BCUT2D eigenvalue weighted by Gasteiger charge is 2.26. The van der Waals surface area contributed by atoms with E-state index in [9.17, 15) is 9.59 Å². The summed E-state index contributed by atoms with van der Waals surface area (Å²) in [7, 11) is 1.60. The fourth-order valence-corrected chi connectivity index (χ4v) is 2.54. The number of hydrogen-bond donors (Lipinski definition) is 1. The smallest absolute Gasteiger partial charge is 0.241 e. The summed E-state index contributed by atoms with van der Waals surface area (Å²) in [6, 6.07) is 7.06. The largest absolute Gasteiger partial charge is 0.497 e. The molecule has 0 aromatic heterocycles. The third-order valence-corrected chi connectivity index (χ3v) is 4.02. The van der Waals surface area contributed by atoms with E-state index in [1.165, 1.54) is 0 Å². The molecule has 0 unspecified atom stereocenters. The van der Waals surface area contributed by atoms with Gasteiger partial charge in [-0.2, -0.15) is 0 Å². The Kier molecular flexibility index (Phi) is 5.38. The van der Waals surface area contributed by atoms with Crippen LogP contribution in [0.3, 0.4) is 0 Å². The number of ether oxygens (including phenoxy) is 1. The topological polar surface area (TPSA) is 61.9 Å². The molecule has 1 saturated heterocycles. The van der Waals surface area contributed by atoms with Crippen molar-refractivity contribution in [3.63, 3.8) is 0 Å². The third kappa shape index (κ3) is 3.98. The number of carbonyl (C=O) groups excluding carboxylic acids is 2. The molecule has 1 aliphatic rings. The van der Waals surface area contributed by atoms with Crippen molar-refractivity contribution in [2.24, 2.45) is 0 Å². The van der Waals surface area contributed by atoms with Crippen molar-refractivity contribution < 1.29 is 14.3 Å². The molecule has 2 rings (SSSR count). The second kappa shape index (κ2) is 7.26. The van der Waals surface area contributed by atoms with Crippen LogP contribution in [0.25, 0.3) is 0 Å². The van der Waals surface area contributed by atoms with Crippen LogP contribution in [-0.2, 0) is 9.59 Å². The first-order valence-electron chi connectivity index (χ1n) is 7.45. The first kappa shape index (κ1) is 16.3. The average Bonchev–Trinajstić information content (AvgIpc) is 2.54. The van der Waals surface area contributed by atoms with Gasteiger partial charge in [0, 0.05) is 44.9 Å². The van der Waals surface area contributed by atoms with Crippen LogP contribution in [0.4, 0.5) is 5.69 Å². The summed E-state index contributed by atoms with van der Waals surface area (Å²) >= 11 is 0. The summed E-state index contributed by atoms with van der Waals surface area (Å²) in [5, 5.41) is 2.91. The second-order valence-corrected chi connectivity index (χ2v) is 5.44. The van der Waals surface area contributed by atoms with Gasteiger partial charge in [0.05, 0.1) is 13.2 Å². The van der Waals surface area contributed by atoms with Gasteiger partial charge >= 0.3 is 0 Å². The van der Waals surface area contributed by atoms with E-state index in [0.29, 0.717) is 31.9 Å². The van der Waals surface area contributed by atoms with Crippen molar-refractivity contribution in [3.05, 3.63) is 24.3 Å². The maximum atomic E-state index is 12.4. The molecule has 22 heavy (non-hydrogen) atoms. The van der Waals surface area contributed by atoms with Crippen molar-refractivity contribution >= 4 is 17.5 Å². The Morgan fingerprint density at radius 1 is 1.23 bits per heavy atom. The third-order valence-electron chi connectivity index (χ3n) is 4.02. The predicted molar refractivity (Wildman–Crippen MR) is 84.9 cm³/mol. The Bertz CT molecular complexity index is 539. The zero-order valence-electron chi connectivity index (χ0n) is 13.3. The number of methoxy groups -OCH3 is 1. The zero-order chi connectivity index (χ0) is 16.1. The van der Waals surface area contributed by atoms with Gasteiger partial charge in [0.2, 0.25) is 11.8 Å². The predicted octanol–water partition coefficient (Wildman–Crippen LogP) is 1.19. The molecular formula is C16H23N3O3. The van der Waals surface area contributed by atoms with E-state index in [1.807, 2.05) is 30.0 Å². The molecule has 120 valence electrons. The van der Waals surface area contributed by atoms with Gasteiger partial charge in [0.15, 0.2) is 0 Å². The van der Waals surface area contributed by atoms with Gasteiger partial charge < -0.3 is 15.0 Å². The summed E-state index contributed by atoms with van der Waals surface area (Å²) in [5.74, 6) is 0.748. The van der Waals surface area contributed by atoms with Crippen molar-refractivity contribution in [3.8, 4) is 5.75 Å². The van der Waals surface area contributed by atoms with E-state index >= 15 is 0 Å². The molecule has 1 N–H and O–H groups in total. The molecule has 1 aromatic carbocycles. The zero-order valence-corrected chi connectivity index (χ0v) is 13.3. The van der Waals surface area contributed by atoms with Crippen molar-refractivity contribution in [1.82, 2.24) is 9.80 Å². The average molecular weight is 305 g/mol. The molecule has 1 aromatic rings. The summed E-state index contributed by atoms with van der Waals surface area (Å²) in [6.07, 6.45) is 0. The Labute approximate surface area is 131 Å². The lowest BCUT2D eigenvalue weighted by Crippen LogP contribution is -2.53. The van der Waals surface area contributed by atoms with Crippen LogP contribution in [0.5, 0.6) is 5.75 Å². The Morgan fingerprint density at radius 2 is 1.91 bits per heavy atom. The van der Waals surface area contributed by atoms with Crippen LogP contribution in [0.15, 0.2) is 24.3 Å². The van der Waals surface area contributed by atoms with Gasteiger partial charge in [-0.1, -0.05) is 6.07 Å². The lowest BCUT2D eigenvalue weighted by atomic mass is 10.2. The molecule has 0 radical (unpaired) electrons. The number of amides is 2. The van der Waals surface area contributed by atoms with Gasteiger partial charge in [0.25, 0.3) is 0 Å². The number of rotatable bonds is 4. The number of nitrogens with one attached hydrogen (secondary N) is 1. The van der Waals surface area contributed by atoms with Crippen LogP contribution in [0.1, 0.15) is 13.8 Å². The second-order valence-electron chi connectivity index (χ2n) is 5.44. The molecule has 1 aliphatic heterocycles. The van der Waals surface area contributed by atoms with Crippen LogP contribution < -0.4 is 10.1 Å². The Balaban J connectivity index is 1.91. The molecule has 0 bridgehead atoms. The fraction of sp³-hybridized carbons (Fsp3) is 0.500. The molecule has 2 amide bonds. The number of nitrogens with zero attached hydrogens (tertiary/aromatic N) is 2. The number of hydrogen-bond acceptors (Lipinski definition) is 4. The van der Waals surface area contributed by atoms with E-state index in [-0.39, 0.29) is 17.9 Å². The molecular weight excluding hydrogens is 282 g/mol. The standard InChI is InChI=1S/C16H23N3O3/c1-12(18-7-9-19(10-8-18)13(2)20)16(21)17-14-5-4-6-15(11-14)22-3/h4-6,11-12H,7-10H2,1-3H3,(H,17,21)/t12-/m1/s1. The van der Waals surface area contributed by atoms with Gasteiger partial charge in [0.1, 0.15) is 5.75 Å². The molecule has 1 heterocycles. The minimum atomic E-state index is -0.236. The van der Waals surface area contributed by atoms with Crippen LogP contribution >= 0.6 is 0 Å². The number of benzene rings is 1. The van der Waals surface area contributed by atoms with Crippen molar-refractivity contribution in [2.75, 3.05) is 38.6 Å². The summed E-state index contributed by atoms with van der Waals surface area (Å²) in [5.41, 5.74) is 0.721. The van der Waals surface area contributed by atoms with Gasteiger partial charge in [-0.05, 0) is 19.1 Å². The van der Waals surface area contributed by atoms with Crippen LogP contribution in [0.2, 0.25) is 0 Å². The van der Waals surface area contributed by atoms with E-state index in [0.717, 1.165) is 5.69 Å². The van der Waals surface area contributed by atoms with E-state index < -0.39 is 0 Å². The number of anilines is 1. The number of piperazine rings is 1. The number of carbonyl (C=O) groups is 2. The molecule has 0 aliphatic carbocycles. The summed E-state index contributed by atoms with van der Waals surface area (Å²) < 4.78 is 5.15. The van der Waals surface area contributed by atoms with E-state index in [1.54, 1.807) is 20.1 Å². The molecule has 0 spiro atoms. The molecule has 0 saturated carbocycles. The Hall–Kier alpha value is -2.08. The highest BCUT2D eigenvalue weighted by molar-refractivity contribution is 5.94. The lowest BCUT2D eigenvalue weighted by molar-refractivity contribution is -0.131. The highest BCUT2D eigenvalue weighted by atomic mass is 16.5. The summed E-state index contributed by atoms with van der Waals surface area (Å²) in [4.78, 5) is 27.6. The molecule has 1 atom stereocenters. The van der Waals surface area contributed by atoms with E-state index in [4.69, 9.17) is 4.74 Å². The van der Waals surface area contributed by atoms with Crippen LogP contribution in [-0.4, -0.2) is 60.9 Å². The quantitative estimate of drug-likeness (QED) is 0.907. The minimum Gasteiger partial charge on any atom is -0.497 e. The fourth-order valence-electron chi connectivity index (χ4n) is 2.54. The molecule has 6 heteroatoms. The van der Waals surface area contributed by atoms with Gasteiger partial charge in [-0.25, -0.2) is 0 Å². The lowest BCUT2D eigenvalue weighted by Gasteiger charge is -2.37. The normalized spacial score (nSPS) is 17.0. The molecule has 6 nitrogen and oxygen atoms in total. The summed E-state index contributed by atoms with van der Waals surface area (Å²) in [6.45, 7) is 6.24. The first-order chi connectivity index (χ1) is 10.5. The maximum Gasteiger partial charge on any atom is 0.241 e. The first-order valence-corrected chi connectivity index (χ1v) is 7.45. The SMILES string of the molecule is COc1cccc(NC(=O)[C@@H](C)N2CCN(C(C)=O)CC2)c1. The van der Waals surface area contributed by atoms with Crippen molar-refractivity contribution in [1.29, 1.82) is 0 Å².